The fourth-order valence-corrected chi connectivity index (χ4v) is 3.26. The van der Waals surface area contributed by atoms with E-state index in [4.69, 9.17) is 4.42 Å². The van der Waals surface area contributed by atoms with E-state index in [2.05, 4.69) is 17.1 Å². The molecule has 1 aliphatic rings. The standard InChI is InChI=1S/C13H23N3O3S/c1-2-8-14-11-12-6-7-13(19-12)20(17,18)15-16-9-4-3-5-10-16/h6-7,14-15H,2-5,8-11H2,1H3. The van der Waals surface area contributed by atoms with Gasteiger partial charge in [0.2, 0.25) is 5.09 Å². The van der Waals surface area contributed by atoms with Crippen LogP contribution in [-0.4, -0.2) is 33.1 Å². The maximum atomic E-state index is 12.2. The molecule has 1 fully saturated rings. The Morgan fingerprint density at radius 1 is 1.25 bits per heavy atom. The van der Waals surface area contributed by atoms with E-state index < -0.39 is 10.0 Å². The molecule has 114 valence electrons. The van der Waals surface area contributed by atoms with Gasteiger partial charge in [-0.15, -0.1) is 4.83 Å². The van der Waals surface area contributed by atoms with Crippen molar-refractivity contribution in [3.05, 3.63) is 17.9 Å². The summed E-state index contributed by atoms with van der Waals surface area (Å²) in [5, 5.41) is 4.91. The van der Waals surface area contributed by atoms with Crippen LogP contribution in [0.15, 0.2) is 21.6 Å². The molecule has 2 rings (SSSR count). The number of hydrogen-bond acceptors (Lipinski definition) is 5. The predicted octanol–water partition coefficient (Wildman–Crippen LogP) is 1.46. The van der Waals surface area contributed by atoms with Gasteiger partial charge in [-0.05, 0) is 37.9 Å². The van der Waals surface area contributed by atoms with Gasteiger partial charge in [0.1, 0.15) is 5.76 Å². The second kappa shape index (κ2) is 7.21. The highest BCUT2D eigenvalue weighted by Crippen LogP contribution is 2.15. The first-order valence-corrected chi connectivity index (χ1v) is 8.67. The van der Waals surface area contributed by atoms with Crippen LogP contribution >= 0.6 is 0 Å². The normalized spacial score (nSPS) is 17.4. The molecule has 0 radical (unpaired) electrons. The summed E-state index contributed by atoms with van der Waals surface area (Å²) in [6.07, 6.45) is 4.23. The highest BCUT2D eigenvalue weighted by Gasteiger charge is 2.23. The van der Waals surface area contributed by atoms with E-state index in [0.717, 1.165) is 45.3 Å². The van der Waals surface area contributed by atoms with Crippen molar-refractivity contribution in [2.24, 2.45) is 0 Å². The van der Waals surface area contributed by atoms with Crippen molar-refractivity contribution >= 4 is 10.0 Å². The molecule has 20 heavy (non-hydrogen) atoms. The van der Waals surface area contributed by atoms with Crippen molar-refractivity contribution in [2.45, 2.75) is 44.2 Å². The molecule has 0 saturated carbocycles. The quantitative estimate of drug-likeness (QED) is 0.746. The number of hydrogen-bond donors (Lipinski definition) is 2. The molecule has 1 aromatic heterocycles. The monoisotopic (exact) mass is 301 g/mol. The molecule has 0 atom stereocenters. The Bertz CT molecular complexity index is 507. The molecule has 7 heteroatoms. The number of sulfonamides is 1. The molecule has 6 nitrogen and oxygen atoms in total. The highest BCUT2D eigenvalue weighted by molar-refractivity contribution is 7.89. The number of piperidine rings is 1. The van der Waals surface area contributed by atoms with Gasteiger partial charge < -0.3 is 9.73 Å². The summed E-state index contributed by atoms with van der Waals surface area (Å²) in [6.45, 7) is 5.02. The van der Waals surface area contributed by atoms with Crippen molar-refractivity contribution < 1.29 is 12.8 Å². The average molecular weight is 301 g/mol. The van der Waals surface area contributed by atoms with Crippen molar-refractivity contribution in [3.63, 3.8) is 0 Å². The van der Waals surface area contributed by atoms with Gasteiger partial charge in [-0.1, -0.05) is 13.3 Å². The van der Waals surface area contributed by atoms with Crippen LogP contribution in [0.4, 0.5) is 0 Å². The van der Waals surface area contributed by atoms with Gasteiger partial charge in [-0.2, -0.15) is 0 Å². The minimum atomic E-state index is -3.59. The molecule has 2 heterocycles. The van der Waals surface area contributed by atoms with E-state index in [1.54, 1.807) is 11.1 Å². The maximum Gasteiger partial charge on any atom is 0.286 e. The molecule has 0 bridgehead atoms. The van der Waals surface area contributed by atoms with Crippen molar-refractivity contribution in [3.8, 4) is 0 Å². The van der Waals surface area contributed by atoms with Crippen LogP contribution in [0.1, 0.15) is 38.4 Å². The number of rotatable bonds is 7. The van der Waals surface area contributed by atoms with Crippen LogP contribution in [0, 0.1) is 0 Å². The molecular weight excluding hydrogens is 278 g/mol. The van der Waals surface area contributed by atoms with Gasteiger partial charge >= 0.3 is 0 Å². The third kappa shape index (κ3) is 4.31. The van der Waals surface area contributed by atoms with E-state index in [0.29, 0.717) is 12.3 Å². The SMILES string of the molecule is CCCNCc1ccc(S(=O)(=O)NN2CCCCC2)o1. The Hall–Kier alpha value is -0.890. The lowest BCUT2D eigenvalue weighted by Gasteiger charge is -2.25. The van der Waals surface area contributed by atoms with Crippen LogP contribution in [0.2, 0.25) is 0 Å². The van der Waals surface area contributed by atoms with Crippen molar-refractivity contribution in [2.75, 3.05) is 19.6 Å². The summed E-state index contributed by atoms with van der Waals surface area (Å²) >= 11 is 0. The number of nitrogens with one attached hydrogen (secondary N) is 2. The first-order chi connectivity index (χ1) is 9.62. The molecule has 1 saturated heterocycles. The summed E-state index contributed by atoms with van der Waals surface area (Å²) < 4.78 is 29.8. The molecular formula is C13H23N3O3S. The molecule has 0 aliphatic carbocycles. The molecule has 1 aliphatic heterocycles. The van der Waals surface area contributed by atoms with Gasteiger partial charge in [0.25, 0.3) is 10.0 Å². The molecule has 0 aromatic carbocycles. The van der Waals surface area contributed by atoms with E-state index in [1.165, 1.54) is 6.07 Å². The van der Waals surface area contributed by atoms with E-state index in [9.17, 15) is 8.42 Å². The summed E-state index contributed by atoms with van der Waals surface area (Å²) in [4.78, 5) is 2.58. The third-order valence-corrected chi connectivity index (χ3v) is 4.48. The summed E-state index contributed by atoms with van der Waals surface area (Å²) in [7, 11) is -3.59. The zero-order valence-corrected chi connectivity index (χ0v) is 12.7. The molecule has 0 spiro atoms. The molecule has 1 aromatic rings. The Kier molecular flexibility index (Phi) is 5.59. The Morgan fingerprint density at radius 2 is 2.00 bits per heavy atom. The minimum Gasteiger partial charge on any atom is -0.447 e. The lowest BCUT2D eigenvalue weighted by molar-refractivity contribution is 0.198. The summed E-state index contributed by atoms with van der Waals surface area (Å²) in [5.74, 6) is 0.637. The van der Waals surface area contributed by atoms with Gasteiger partial charge in [0.15, 0.2) is 0 Å². The lowest BCUT2D eigenvalue weighted by Crippen LogP contribution is -2.44. The molecule has 2 N–H and O–H groups in total. The fourth-order valence-electron chi connectivity index (χ4n) is 2.19. The molecule has 0 amide bonds. The minimum absolute atomic E-state index is 0.0172. The van der Waals surface area contributed by atoms with E-state index in [1.807, 2.05) is 0 Å². The second-order valence-corrected chi connectivity index (χ2v) is 6.63. The van der Waals surface area contributed by atoms with Crippen LogP contribution in [0.25, 0.3) is 0 Å². The van der Waals surface area contributed by atoms with Gasteiger partial charge in [0.05, 0.1) is 6.54 Å². The van der Waals surface area contributed by atoms with Crippen LogP contribution < -0.4 is 10.1 Å². The maximum absolute atomic E-state index is 12.2. The molecule has 0 unspecified atom stereocenters. The Labute approximate surface area is 120 Å². The van der Waals surface area contributed by atoms with Gasteiger partial charge in [-0.3, -0.25) is 0 Å². The van der Waals surface area contributed by atoms with Gasteiger partial charge in [-0.25, -0.2) is 13.4 Å². The average Bonchev–Trinajstić information content (AvgIpc) is 2.89. The first-order valence-electron chi connectivity index (χ1n) is 7.18. The first kappa shape index (κ1) is 15.5. The van der Waals surface area contributed by atoms with Crippen LogP contribution in [0.5, 0.6) is 0 Å². The fraction of sp³-hybridized carbons (Fsp3) is 0.692. The third-order valence-electron chi connectivity index (χ3n) is 3.23. The largest absolute Gasteiger partial charge is 0.447 e. The summed E-state index contributed by atoms with van der Waals surface area (Å²) in [6, 6.07) is 3.21. The summed E-state index contributed by atoms with van der Waals surface area (Å²) in [5.41, 5.74) is 0. The highest BCUT2D eigenvalue weighted by atomic mass is 32.2. The zero-order valence-electron chi connectivity index (χ0n) is 11.9. The van der Waals surface area contributed by atoms with Crippen molar-refractivity contribution in [1.29, 1.82) is 0 Å². The second-order valence-electron chi connectivity index (χ2n) is 5.04. The topological polar surface area (TPSA) is 74.6 Å². The smallest absolute Gasteiger partial charge is 0.286 e. The number of furan rings is 1. The van der Waals surface area contributed by atoms with Gasteiger partial charge in [0, 0.05) is 13.1 Å². The Balaban J connectivity index is 1.94. The van der Waals surface area contributed by atoms with Crippen LogP contribution in [-0.2, 0) is 16.6 Å². The number of nitrogens with zero attached hydrogens (tertiary/aromatic N) is 1. The number of hydrazine groups is 1. The Morgan fingerprint density at radius 3 is 2.70 bits per heavy atom. The van der Waals surface area contributed by atoms with E-state index >= 15 is 0 Å². The zero-order chi connectivity index (χ0) is 14.4. The van der Waals surface area contributed by atoms with Crippen LogP contribution in [0.3, 0.4) is 0 Å². The van der Waals surface area contributed by atoms with E-state index in [-0.39, 0.29) is 5.09 Å². The predicted molar refractivity (Wildman–Crippen MR) is 76.5 cm³/mol. The lowest BCUT2D eigenvalue weighted by atomic mass is 10.2. The van der Waals surface area contributed by atoms with Crippen molar-refractivity contribution in [1.82, 2.24) is 15.2 Å².